The standard InChI is InChI=1S/C34H38N4O5/c1-34(2,3)24-19-29(31(42-4)30(20-24)37-33(40)41)36-32(39)35-28-14-13-25(26-7-5-6-8-27(26)28)23-11-9-22(10-12-23)21-38-15-17-43-18-16-38/h5-14,19-20,37H,15-18,21H2,1-4H3,(H,40,41)(H2,35,36,39). The molecule has 1 heterocycles. The van der Waals surface area contributed by atoms with Gasteiger partial charge in [0, 0.05) is 25.0 Å². The third-order valence-electron chi connectivity index (χ3n) is 7.60. The van der Waals surface area contributed by atoms with Crippen LogP contribution in [0.25, 0.3) is 21.9 Å². The molecule has 9 nitrogen and oxygen atoms in total. The summed E-state index contributed by atoms with van der Waals surface area (Å²) in [6, 6.07) is 23.6. The monoisotopic (exact) mass is 582 g/mol. The Morgan fingerprint density at radius 1 is 0.860 bits per heavy atom. The zero-order valence-corrected chi connectivity index (χ0v) is 25.0. The molecule has 4 N–H and O–H groups in total. The van der Waals surface area contributed by atoms with Gasteiger partial charge in [-0.25, -0.2) is 9.59 Å². The van der Waals surface area contributed by atoms with Gasteiger partial charge in [-0.3, -0.25) is 10.2 Å². The molecule has 9 heteroatoms. The van der Waals surface area contributed by atoms with E-state index in [0.717, 1.165) is 60.3 Å². The van der Waals surface area contributed by atoms with E-state index in [1.54, 1.807) is 12.1 Å². The number of hydrogen-bond acceptors (Lipinski definition) is 5. The Morgan fingerprint density at radius 2 is 1.49 bits per heavy atom. The quantitative estimate of drug-likeness (QED) is 0.181. The summed E-state index contributed by atoms with van der Waals surface area (Å²) in [5.41, 5.74) is 5.22. The SMILES string of the molecule is COc1c(NC(=O)O)cc(C(C)(C)C)cc1NC(=O)Nc1ccc(-c2ccc(CN3CCOCC3)cc2)c2ccccc12. The first-order valence-electron chi connectivity index (χ1n) is 14.3. The molecule has 0 bridgehead atoms. The largest absolute Gasteiger partial charge is 0.492 e. The number of carboxylic acid groups (broad SMARTS) is 1. The minimum atomic E-state index is -1.22. The number of carbonyl (C=O) groups is 2. The number of ether oxygens (including phenoxy) is 2. The molecular formula is C34H38N4O5. The maximum Gasteiger partial charge on any atom is 0.409 e. The first kappa shape index (κ1) is 29.9. The van der Waals surface area contributed by atoms with Crippen LogP contribution < -0.4 is 20.7 Å². The summed E-state index contributed by atoms with van der Waals surface area (Å²) in [7, 11) is 1.43. The second kappa shape index (κ2) is 12.7. The van der Waals surface area contributed by atoms with Gasteiger partial charge in [0.2, 0.25) is 0 Å². The highest BCUT2D eigenvalue weighted by Gasteiger charge is 2.22. The number of nitrogens with one attached hydrogen (secondary N) is 3. The van der Waals surface area contributed by atoms with Crippen LogP contribution >= 0.6 is 0 Å². The van der Waals surface area contributed by atoms with Crippen LogP contribution in [-0.2, 0) is 16.7 Å². The van der Waals surface area contributed by atoms with Crippen LogP contribution in [0, 0.1) is 0 Å². The summed E-state index contributed by atoms with van der Waals surface area (Å²) in [6.07, 6.45) is -1.22. The Morgan fingerprint density at radius 3 is 2.12 bits per heavy atom. The summed E-state index contributed by atoms with van der Waals surface area (Å²) >= 11 is 0. The second-order valence-corrected chi connectivity index (χ2v) is 11.7. The van der Waals surface area contributed by atoms with Crippen molar-refractivity contribution in [1.29, 1.82) is 0 Å². The number of benzene rings is 4. The third kappa shape index (κ3) is 7.07. The number of urea groups is 1. The van der Waals surface area contributed by atoms with Crippen LogP contribution in [0.1, 0.15) is 31.9 Å². The lowest BCUT2D eigenvalue weighted by Crippen LogP contribution is -2.35. The normalized spacial score (nSPS) is 13.9. The average Bonchev–Trinajstić information content (AvgIpc) is 2.97. The molecule has 43 heavy (non-hydrogen) atoms. The van der Waals surface area contributed by atoms with Crippen molar-refractivity contribution >= 4 is 40.0 Å². The van der Waals surface area contributed by atoms with Crippen molar-refractivity contribution in [3.63, 3.8) is 0 Å². The molecule has 0 aromatic heterocycles. The molecule has 0 spiro atoms. The lowest BCUT2D eigenvalue weighted by atomic mass is 9.86. The van der Waals surface area contributed by atoms with Gasteiger partial charge in [-0.2, -0.15) is 0 Å². The number of hydrogen-bond donors (Lipinski definition) is 4. The predicted molar refractivity (Wildman–Crippen MR) is 171 cm³/mol. The van der Waals surface area contributed by atoms with Gasteiger partial charge in [-0.1, -0.05) is 75.4 Å². The molecule has 0 saturated carbocycles. The average molecular weight is 583 g/mol. The molecule has 3 amide bonds. The second-order valence-electron chi connectivity index (χ2n) is 11.7. The van der Waals surface area contributed by atoms with E-state index in [9.17, 15) is 14.7 Å². The molecule has 4 aromatic rings. The van der Waals surface area contributed by atoms with E-state index < -0.39 is 12.1 Å². The first-order chi connectivity index (χ1) is 20.6. The molecular weight excluding hydrogens is 544 g/mol. The Bertz CT molecular complexity index is 1620. The Hall–Kier alpha value is -4.60. The lowest BCUT2D eigenvalue weighted by molar-refractivity contribution is 0.0342. The van der Waals surface area contributed by atoms with E-state index in [-0.39, 0.29) is 16.9 Å². The molecule has 1 aliphatic heterocycles. The number of fused-ring (bicyclic) bond motifs is 1. The smallest absolute Gasteiger partial charge is 0.409 e. The molecule has 1 fully saturated rings. The zero-order chi connectivity index (χ0) is 30.6. The number of amides is 3. The van der Waals surface area contributed by atoms with E-state index in [1.165, 1.54) is 12.7 Å². The number of anilines is 3. The molecule has 0 radical (unpaired) electrons. The zero-order valence-electron chi connectivity index (χ0n) is 25.0. The molecule has 0 aliphatic carbocycles. The highest BCUT2D eigenvalue weighted by Crippen LogP contribution is 2.39. The highest BCUT2D eigenvalue weighted by atomic mass is 16.5. The molecule has 0 unspecified atom stereocenters. The van der Waals surface area contributed by atoms with Gasteiger partial charge in [-0.15, -0.1) is 0 Å². The topological polar surface area (TPSA) is 112 Å². The van der Waals surface area contributed by atoms with Crippen LogP contribution in [0.2, 0.25) is 0 Å². The Kier molecular flexibility index (Phi) is 8.84. The van der Waals surface area contributed by atoms with Crippen molar-refractivity contribution in [3.8, 4) is 16.9 Å². The Balaban J connectivity index is 1.39. The van der Waals surface area contributed by atoms with Gasteiger partial charge in [-0.05, 0) is 51.3 Å². The fourth-order valence-corrected chi connectivity index (χ4v) is 5.33. The summed E-state index contributed by atoms with van der Waals surface area (Å²) in [5, 5.41) is 19.5. The summed E-state index contributed by atoms with van der Waals surface area (Å²) in [6.45, 7) is 10.4. The van der Waals surface area contributed by atoms with Crippen LogP contribution in [-0.4, -0.2) is 55.5 Å². The number of carbonyl (C=O) groups excluding carboxylic acids is 1. The number of morpholine rings is 1. The molecule has 1 aliphatic rings. The number of nitrogens with zero attached hydrogens (tertiary/aromatic N) is 1. The first-order valence-corrected chi connectivity index (χ1v) is 14.3. The highest BCUT2D eigenvalue weighted by molar-refractivity contribution is 6.10. The minimum Gasteiger partial charge on any atom is -0.492 e. The van der Waals surface area contributed by atoms with E-state index in [0.29, 0.717) is 11.4 Å². The van der Waals surface area contributed by atoms with Gasteiger partial charge in [0.1, 0.15) is 0 Å². The van der Waals surface area contributed by atoms with Crippen molar-refractivity contribution < 1.29 is 24.2 Å². The summed E-state index contributed by atoms with van der Waals surface area (Å²) in [5.74, 6) is 0.225. The predicted octanol–water partition coefficient (Wildman–Crippen LogP) is 7.38. The fraction of sp³-hybridized carbons (Fsp3) is 0.294. The van der Waals surface area contributed by atoms with Crippen molar-refractivity contribution in [2.45, 2.75) is 32.7 Å². The van der Waals surface area contributed by atoms with Gasteiger partial charge in [0.05, 0.1) is 37.4 Å². The summed E-state index contributed by atoms with van der Waals surface area (Å²) in [4.78, 5) is 27.2. The van der Waals surface area contributed by atoms with Crippen molar-refractivity contribution in [2.75, 3.05) is 49.4 Å². The van der Waals surface area contributed by atoms with Crippen molar-refractivity contribution in [1.82, 2.24) is 4.90 Å². The van der Waals surface area contributed by atoms with E-state index in [4.69, 9.17) is 9.47 Å². The van der Waals surface area contributed by atoms with Gasteiger partial charge < -0.3 is 25.2 Å². The fourth-order valence-electron chi connectivity index (χ4n) is 5.33. The maximum atomic E-state index is 13.3. The summed E-state index contributed by atoms with van der Waals surface area (Å²) < 4.78 is 11.0. The van der Waals surface area contributed by atoms with E-state index in [1.807, 2.05) is 51.1 Å². The van der Waals surface area contributed by atoms with E-state index >= 15 is 0 Å². The van der Waals surface area contributed by atoms with Gasteiger partial charge >= 0.3 is 12.1 Å². The Labute approximate surface area is 251 Å². The minimum absolute atomic E-state index is 0.225. The molecule has 5 rings (SSSR count). The number of methoxy groups -OCH3 is 1. The molecule has 1 saturated heterocycles. The van der Waals surface area contributed by atoms with E-state index in [2.05, 4.69) is 51.2 Å². The van der Waals surface area contributed by atoms with Crippen molar-refractivity contribution in [3.05, 3.63) is 83.9 Å². The maximum absolute atomic E-state index is 13.3. The lowest BCUT2D eigenvalue weighted by Gasteiger charge is -2.26. The van der Waals surface area contributed by atoms with Crippen LogP contribution in [0.15, 0.2) is 72.8 Å². The van der Waals surface area contributed by atoms with Gasteiger partial charge in [0.15, 0.2) is 5.75 Å². The van der Waals surface area contributed by atoms with Crippen molar-refractivity contribution in [2.24, 2.45) is 0 Å². The van der Waals surface area contributed by atoms with Gasteiger partial charge in [0.25, 0.3) is 0 Å². The molecule has 224 valence electrons. The van der Waals surface area contributed by atoms with Crippen LogP contribution in [0.5, 0.6) is 5.75 Å². The molecule has 0 atom stereocenters. The third-order valence-corrected chi connectivity index (χ3v) is 7.60. The number of rotatable bonds is 7. The van der Waals surface area contributed by atoms with Crippen LogP contribution in [0.4, 0.5) is 26.7 Å². The molecule has 4 aromatic carbocycles. The van der Waals surface area contributed by atoms with Crippen LogP contribution in [0.3, 0.4) is 0 Å².